The van der Waals surface area contributed by atoms with E-state index >= 15 is 0 Å². The Morgan fingerprint density at radius 1 is 1.48 bits per heavy atom. The molecule has 0 amide bonds. The van der Waals surface area contributed by atoms with Crippen molar-refractivity contribution in [1.82, 2.24) is 4.98 Å². The first-order valence-electron chi connectivity index (χ1n) is 6.50. The molecule has 2 aromatic rings. The minimum absolute atomic E-state index is 0.0122. The Bertz CT molecular complexity index is 646. The number of aliphatic hydroxyl groups is 1. The van der Waals surface area contributed by atoms with Gasteiger partial charge in [0.15, 0.2) is 0 Å². The van der Waals surface area contributed by atoms with Crippen LogP contribution in [0.5, 0.6) is 0 Å². The van der Waals surface area contributed by atoms with Gasteiger partial charge in [-0.05, 0) is 37.4 Å². The molecule has 2 atom stereocenters. The highest BCUT2D eigenvalue weighted by Crippen LogP contribution is 2.33. The van der Waals surface area contributed by atoms with Crippen molar-refractivity contribution in [1.29, 1.82) is 0 Å². The smallest absolute Gasteiger partial charge is 0.301 e. The molecule has 0 radical (unpaired) electrons. The number of hydrogen-bond acceptors (Lipinski definition) is 6. The quantitative estimate of drug-likeness (QED) is 0.630. The van der Waals surface area contributed by atoms with Gasteiger partial charge in [0.2, 0.25) is 0 Å². The van der Waals surface area contributed by atoms with Gasteiger partial charge in [-0.3, -0.25) is 15.1 Å². The summed E-state index contributed by atoms with van der Waals surface area (Å²) >= 11 is 1.52. The third-order valence-electron chi connectivity index (χ3n) is 3.36. The molecule has 6 nitrogen and oxygen atoms in total. The summed E-state index contributed by atoms with van der Waals surface area (Å²) < 4.78 is 0. The van der Waals surface area contributed by atoms with Gasteiger partial charge in [-0.15, -0.1) is 0 Å². The lowest BCUT2D eigenvalue weighted by Gasteiger charge is -2.22. The Morgan fingerprint density at radius 2 is 2.24 bits per heavy atom. The average Bonchev–Trinajstić information content (AvgIpc) is 2.47. The third-order valence-corrected chi connectivity index (χ3v) is 4.53. The molecule has 0 spiro atoms. The van der Waals surface area contributed by atoms with Crippen LogP contribution in [0.4, 0.5) is 11.4 Å². The van der Waals surface area contributed by atoms with E-state index in [-0.39, 0.29) is 23.6 Å². The molecule has 2 N–H and O–H groups in total. The van der Waals surface area contributed by atoms with E-state index in [1.165, 1.54) is 11.8 Å². The van der Waals surface area contributed by atoms with E-state index in [2.05, 4.69) is 10.3 Å². The average molecular weight is 307 g/mol. The monoisotopic (exact) mass is 307 g/mol. The molecule has 0 aliphatic heterocycles. The number of pyridine rings is 1. The molecule has 0 saturated heterocycles. The van der Waals surface area contributed by atoms with Crippen molar-refractivity contribution in [3.05, 3.63) is 40.6 Å². The number of nitro benzene ring substituents is 1. The molecule has 0 bridgehead atoms. The fourth-order valence-corrected chi connectivity index (χ4v) is 2.85. The molecular weight excluding hydrogens is 290 g/mol. The molecule has 21 heavy (non-hydrogen) atoms. The van der Waals surface area contributed by atoms with Crippen LogP contribution in [-0.4, -0.2) is 39.2 Å². The summed E-state index contributed by atoms with van der Waals surface area (Å²) in [5, 5.41) is 24.3. The molecule has 1 aromatic heterocycles. The van der Waals surface area contributed by atoms with Crippen LogP contribution in [0, 0.1) is 10.1 Å². The van der Waals surface area contributed by atoms with Crippen molar-refractivity contribution >= 4 is 34.0 Å². The second-order valence-electron chi connectivity index (χ2n) is 4.68. The van der Waals surface area contributed by atoms with Crippen LogP contribution in [0.2, 0.25) is 0 Å². The Kier molecular flexibility index (Phi) is 4.98. The summed E-state index contributed by atoms with van der Waals surface area (Å²) in [6.45, 7) is 1.91. The Hall–Kier alpha value is -1.86. The first-order chi connectivity index (χ1) is 10.1. The van der Waals surface area contributed by atoms with Crippen molar-refractivity contribution < 1.29 is 10.0 Å². The van der Waals surface area contributed by atoms with Crippen LogP contribution in [0.3, 0.4) is 0 Å². The number of fused-ring (bicyclic) bond motifs is 1. The lowest BCUT2D eigenvalue weighted by molar-refractivity contribution is -0.382. The van der Waals surface area contributed by atoms with E-state index in [9.17, 15) is 15.2 Å². The first-order valence-corrected chi connectivity index (χ1v) is 7.79. The van der Waals surface area contributed by atoms with Crippen molar-refractivity contribution in [2.24, 2.45) is 0 Å². The summed E-state index contributed by atoms with van der Waals surface area (Å²) in [6, 6.07) is 6.69. The van der Waals surface area contributed by atoms with Gasteiger partial charge in [-0.1, -0.05) is 0 Å². The number of nitrogens with one attached hydrogen (secondary N) is 1. The number of thioether (sulfide) groups is 1. The van der Waals surface area contributed by atoms with E-state index in [0.29, 0.717) is 16.6 Å². The minimum atomic E-state index is -0.397. The predicted octanol–water partition coefficient (Wildman–Crippen LogP) is 2.67. The van der Waals surface area contributed by atoms with Gasteiger partial charge in [-0.2, -0.15) is 11.8 Å². The maximum atomic E-state index is 11.4. The van der Waals surface area contributed by atoms with E-state index in [1.807, 2.05) is 13.2 Å². The molecule has 2 rings (SSSR count). The molecular formula is C14H17N3O3S. The molecule has 112 valence electrons. The van der Waals surface area contributed by atoms with Crippen molar-refractivity contribution in [2.75, 3.05) is 18.2 Å². The standard InChI is InChI=1S/C14H17N3O3S/c1-9(13(8-18)21-2)16-12-6-5-11-10(4-3-7-15-11)14(12)17(19)20/h3-7,9,13,16,18H,8H2,1-2H3/t9-,13+/m0/s1. The van der Waals surface area contributed by atoms with Gasteiger partial charge in [0.25, 0.3) is 0 Å². The second-order valence-corrected chi connectivity index (χ2v) is 5.76. The molecule has 1 aromatic carbocycles. The Morgan fingerprint density at radius 3 is 2.86 bits per heavy atom. The van der Waals surface area contributed by atoms with Crippen molar-refractivity contribution in [3.63, 3.8) is 0 Å². The third kappa shape index (κ3) is 3.25. The maximum Gasteiger partial charge on any atom is 0.301 e. The van der Waals surface area contributed by atoms with Gasteiger partial charge in [0.05, 0.1) is 22.4 Å². The second kappa shape index (κ2) is 6.73. The number of aromatic nitrogens is 1. The number of benzene rings is 1. The number of hydrogen-bond donors (Lipinski definition) is 2. The minimum Gasteiger partial charge on any atom is -0.395 e. The zero-order chi connectivity index (χ0) is 15.4. The van der Waals surface area contributed by atoms with Crippen LogP contribution in [0.15, 0.2) is 30.5 Å². The van der Waals surface area contributed by atoms with Crippen LogP contribution in [0.25, 0.3) is 10.9 Å². The number of aliphatic hydroxyl groups excluding tert-OH is 1. The van der Waals surface area contributed by atoms with Crippen molar-refractivity contribution in [3.8, 4) is 0 Å². The van der Waals surface area contributed by atoms with Crippen LogP contribution >= 0.6 is 11.8 Å². The molecule has 0 unspecified atom stereocenters. The van der Waals surface area contributed by atoms with E-state index in [1.54, 1.807) is 30.5 Å². The fourth-order valence-electron chi connectivity index (χ4n) is 2.23. The predicted molar refractivity (Wildman–Crippen MR) is 85.9 cm³/mol. The van der Waals surface area contributed by atoms with Crippen LogP contribution in [0.1, 0.15) is 6.92 Å². The van der Waals surface area contributed by atoms with Gasteiger partial charge in [0, 0.05) is 17.5 Å². The number of anilines is 1. The molecule has 0 saturated carbocycles. The highest BCUT2D eigenvalue weighted by atomic mass is 32.2. The largest absolute Gasteiger partial charge is 0.395 e. The Balaban J connectivity index is 2.44. The first kappa shape index (κ1) is 15.5. The zero-order valence-electron chi connectivity index (χ0n) is 11.8. The van der Waals surface area contributed by atoms with Gasteiger partial charge in [-0.25, -0.2) is 0 Å². The van der Waals surface area contributed by atoms with Crippen molar-refractivity contribution in [2.45, 2.75) is 18.2 Å². The molecule has 7 heteroatoms. The normalized spacial score (nSPS) is 13.9. The summed E-state index contributed by atoms with van der Waals surface area (Å²) in [4.78, 5) is 15.1. The van der Waals surface area contributed by atoms with Crippen LogP contribution < -0.4 is 5.32 Å². The highest BCUT2D eigenvalue weighted by molar-refractivity contribution is 7.99. The lowest BCUT2D eigenvalue weighted by Crippen LogP contribution is -2.31. The topological polar surface area (TPSA) is 88.3 Å². The summed E-state index contributed by atoms with van der Waals surface area (Å²) in [5.74, 6) is 0. The lowest BCUT2D eigenvalue weighted by atomic mass is 10.1. The number of rotatable bonds is 6. The van der Waals surface area contributed by atoms with Gasteiger partial charge >= 0.3 is 5.69 Å². The summed E-state index contributed by atoms with van der Waals surface area (Å²) in [5.41, 5.74) is 1.05. The molecule has 0 fully saturated rings. The van der Waals surface area contributed by atoms with Crippen LogP contribution in [-0.2, 0) is 0 Å². The Labute approximate surface area is 126 Å². The highest BCUT2D eigenvalue weighted by Gasteiger charge is 2.22. The zero-order valence-corrected chi connectivity index (χ0v) is 12.6. The number of nitro groups is 1. The molecule has 1 heterocycles. The van der Waals surface area contributed by atoms with Gasteiger partial charge in [0.1, 0.15) is 5.69 Å². The maximum absolute atomic E-state index is 11.4. The van der Waals surface area contributed by atoms with E-state index < -0.39 is 4.92 Å². The SMILES string of the molecule is CS[C@H](CO)[C@H](C)Nc1ccc2ncccc2c1[N+](=O)[O-]. The summed E-state index contributed by atoms with van der Waals surface area (Å²) in [7, 11) is 0. The number of nitrogens with zero attached hydrogens (tertiary/aromatic N) is 2. The fraction of sp³-hybridized carbons (Fsp3) is 0.357. The van der Waals surface area contributed by atoms with Gasteiger partial charge < -0.3 is 10.4 Å². The molecule has 0 aliphatic rings. The van der Waals surface area contributed by atoms with E-state index in [4.69, 9.17) is 0 Å². The summed E-state index contributed by atoms with van der Waals surface area (Å²) in [6.07, 6.45) is 3.51. The molecule has 0 aliphatic carbocycles. The van der Waals surface area contributed by atoms with E-state index in [0.717, 1.165) is 0 Å².